The molecule has 0 bridgehead atoms. The highest BCUT2D eigenvalue weighted by atomic mass is 16.3. The summed E-state index contributed by atoms with van der Waals surface area (Å²) in [4.78, 5) is 0. The zero-order valence-electron chi connectivity index (χ0n) is 7.00. The molecule has 64 valence electrons. The van der Waals surface area contributed by atoms with Crippen LogP contribution in [0.1, 0.15) is 24.3 Å². The van der Waals surface area contributed by atoms with E-state index in [1.165, 1.54) is 0 Å². The van der Waals surface area contributed by atoms with Gasteiger partial charge in [0.2, 0.25) is 0 Å². The summed E-state index contributed by atoms with van der Waals surface area (Å²) in [7, 11) is 0. The standard InChI is InChI=1S/C9H12N2O/c1-3-8(11-10)7-5-6-12-9(7)4-2/h1,5-6,8,11H,4,10H2,2H3. The van der Waals surface area contributed by atoms with Gasteiger partial charge in [-0.1, -0.05) is 12.8 Å². The highest BCUT2D eigenvalue weighted by Gasteiger charge is 2.12. The average molecular weight is 164 g/mol. The maximum Gasteiger partial charge on any atom is 0.110 e. The van der Waals surface area contributed by atoms with E-state index in [0.29, 0.717) is 0 Å². The summed E-state index contributed by atoms with van der Waals surface area (Å²) < 4.78 is 5.21. The van der Waals surface area contributed by atoms with Crippen LogP contribution >= 0.6 is 0 Å². The van der Waals surface area contributed by atoms with Crippen molar-refractivity contribution in [3.05, 3.63) is 23.7 Å². The summed E-state index contributed by atoms with van der Waals surface area (Å²) >= 11 is 0. The molecule has 0 aliphatic rings. The minimum absolute atomic E-state index is 0.251. The molecule has 0 aliphatic heterocycles. The predicted octanol–water partition coefficient (Wildman–Crippen LogP) is 0.980. The Kier molecular flexibility index (Phi) is 2.92. The lowest BCUT2D eigenvalue weighted by Gasteiger charge is -2.07. The van der Waals surface area contributed by atoms with E-state index in [1.54, 1.807) is 6.26 Å². The molecule has 1 atom stereocenters. The van der Waals surface area contributed by atoms with E-state index in [0.717, 1.165) is 17.7 Å². The van der Waals surface area contributed by atoms with Gasteiger partial charge in [0, 0.05) is 12.0 Å². The van der Waals surface area contributed by atoms with E-state index in [4.69, 9.17) is 16.7 Å². The van der Waals surface area contributed by atoms with Crippen LogP contribution < -0.4 is 11.3 Å². The number of nitrogens with one attached hydrogen (secondary N) is 1. The lowest BCUT2D eigenvalue weighted by Crippen LogP contribution is -2.27. The van der Waals surface area contributed by atoms with Crippen molar-refractivity contribution in [2.45, 2.75) is 19.4 Å². The van der Waals surface area contributed by atoms with Crippen molar-refractivity contribution in [1.82, 2.24) is 5.43 Å². The van der Waals surface area contributed by atoms with Crippen LogP contribution in [0.3, 0.4) is 0 Å². The van der Waals surface area contributed by atoms with Gasteiger partial charge in [0.15, 0.2) is 0 Å². The number of aryl methyl sites for hydroxylation is 1. The smallest absolute Gasteiger partial charge is 0.110 e. The predicted molar refractivity (Wildman–Crippen MR) is 47.0 cm³/mol. The van der Waals surface area contributed by atoms with Gasteiger partial charge in [0.25, 0.3) is 0 Å². The van der Waals surface area contributed by atoms with Crippen LogP contribution in [0.4, 0.5) is 0 Å². The van der Waals surface area contributed by atoms with Crippen LogP contribution in [0.15, 0.2) is 16.7 Å². The van der Waals surface area contributed by atoms with Crippen molar-refractivity contribution < 1.29 is 4.42 Å². The molecule has 1 aromatic rings. The average Bonchev–Trinajstić information content (AvgIpc) is 2.55. The molecule has 1 unspecified atom stereocenters. The van der Waals surface area contributed by atoms with Crippen LogP contribution in [0.25, 0.3) is 0 Å². The van der Waals surface area contributed by atoms with Gasteiger partial charge in [-0.2, -0.15) is 0 Å². The van der Waals surface area contributed by atoms with Gasteiger partial charge in [-0.15, -0.1) is 6.42 Å². The molecule has 0 aliphatic carbocycles. The van der Waals surface area contributed by atoms with Crippen LogP contribution in [-0.2, 0) is 6.42 Å². The molecular weight excluding hydrogens is 152 g/mol. The maximum absolute atomic E-state index is 5.26. The fourth-order valence-corrected chi connectivity index (χ4v) is 1.12. The Morgan fingerprint density at radius 2 is 2.58 bits per heavy atom. The summed E-state index contributed by atoms with van der Waals surface area (Å²) in [5.41, 5.74) is 3.48. The molecule has 0 fully saturated rings. The van der Waals surface area contributed by atoms with Crippen molar-refractivity contribution in [3.63, 3.8) is 0 Å². The molecule has 0 amide bonds. The van der Waals surface area contributed by atoms with Crippen LogP contribution in [0, 0.1) is 12.3 Å². The van der Waals surface area contributed by atoms with Gasteiger partial charge in [0.1, 0.15) is 11.8 Å². The monoisotopic (exact) mass is 164 g/mol. The Labute approximate surface area is 71.9 Å². The molecule has 3 N–H and O–H groups in total. The number of hydrazine groups is 1. The second-order valence-electron chi connectivity index (χ2n) is 2.42. The summed E-state index contributed by atoms with van der Waals surface area (Å²) in [5.74, 6) is 8.68. The number of hydrogen-bond donors (Lipinski definition) is 2. The van der Waals surface area contributed by atoms with Gasteiger partial charge >= 0.3 is 0 Å². The molecule has 1 aromatic heterocycles. The lowest BCUT2D eigenvalue weighted by molar-refractivity contribution is 0.505. The van der Waals surface area contributed by atoms with Crippen LogP contribution in [0.5, 0.6) is 0 Å². The second-order valence-corrected chi connectivity index (χ2v) is 2.42. The van der Waals surface area contributed by atoms with Crippen molar-refractivity contribution >= 4 is 0 Å². The number of rotatable bonds is 3. The van der Waals surface area contributed by atoms with E-state index in [-0.39, 0.29) is 6.04 Å². The van der Waals surface area contributed by atoms with Crippen LogP contribution in [0.2, 0.25) is 0 Å². The largest absolute Gasteiger partial charge is 0.469 e. The molecule has 3 heteroatoms. The van der Waals surface area contributed by atoms with E-state index in [9.17, 15) is 0 Å². The first-order valence-corrected chi connectivity index (χ1v) is 3.82. The molecular formula is C9H12N2O. The van der Waals surface area contributed by atoms with E-state index in [1.807, 2.05) is 13.0 Å². The van der Waals surface area contributed by atoms with Crippen molar-refractivity contribution in [2.24, 2.45) is 5.84 Å². The number of nitrogens with two attached hydrogens (primary N) is 1. The molecule has 0 saturated carbocycles. The summed E-state index contributed by atoms with van der Waals surface area (Å²) in [5, 5.41) is 0. The van der Waals surface area contributed by atoms with Crippen molar-refractivity contribution in [3.8, 4) is 12.3 Å². The van der Waals surface area contributed by atoms with Gasteiger partial charge in [-0.25, -0.2) is 5.43 Å². The Bertz CT molecular complexity index is 285. The first kappa shape index (κ1) is 8.85. The zero-order chi connectivity index (χ0) is 8.97. The van der Waals surface area contributed by atoms with Gasteiger partial charge in [-0.3, -0.25) is 5.84 Å². The zero-order valence-corrected chi connectivity index (χ0v) is 7.00. The fourth-order valence-electron chi connectivity index (χ4n) is 1.12. The van der Waals surface area contributed by atoms with Crippen LogP contribution in [-0.4, -0.2) is 0 Å². The minimum Gasteiger partial charge on any atom is -0.469 e. The van der Waals surface area contributed by atoms with E-state index < -0.39 is 0 Å². The number of furan rings is 1. The molecule has 1 heterocycles. The summed E-state index contributed by atoms with van der Waals surface area (Å²) in [6, 6.07) is 1.59. The number of hydrogen-bond acceptors (Lipinski definition) is 3. The molecule has 1 rings (SSSR count). The van der Waals surface area contributed by atoms with Gasteiger partial charge in [0.05, 0.1) is 6.26 Å². The van der Waals surface area contributed by atoms with Crippen molar-refractivity contribution in [2.75, 3.05) is 0 Å². The minimum atomic E-state index is -0.251. The third-order valence-corrected chi connectivity index (χ3v) is 1.75. The highest BCUT2D eigenvalue weighted by molar-refractivity contribution is 5.27. The van der Waals surface area contributed by atoms with E-state index >= 15 is 0 Å². The fraction of sp³-hybridized carbons (Fsp3) is 0.333. The first-order chi connectivity index (χ1) is 5.83. The molecule has 0 radical (unpaired) electrons. The second kappa shape index (κ2) is 3.96. The topological polar surface area (TPSA) is 51.2 Å². The Morgan fingerprint density at radius 3 is 3.08 bits per heavy atom. The molecule has 0 aromatic carbocycles. The Morgan fingerprint density at radius 1 is 1.83 bits per heavy atom. The van der Waals surface area contributed by atoms with Crippen molar-refractivity contribution in [1.29, 1.82) is 0 Å². The Hall–Kier alpha value is -1.24. The maximum atomic E-state index is 5.26. The van der Waals surface area contributed by atoms with Gasteiger partial charge in [-0.05, 0) is 6.07 Å². The van der Waals surface area contributed by atoms with E-state index in [2.05, 4.69) is 11.3 Å². The SMILES string of the molecule is C#CC(NN)c1ccoc1CC. The Balaban J connectivity index is 2.93. The molecule has 3 nitrogen and oxygen atoms in total. The third-order valence-electron chi connectivity index (χ3n) is 1.75. The number of terminal acetylenes is 1. The van der Waals surface area contributed by atoms with Gasteiger partial charge < -0.3 is 4.42 Å². The third kappa shape index (κ3) is 1.50. The molecule has 0 spiro atoms. The molecule has 0 saturated heterocycles. The summed E-state index contributed by atoms with van der Waals surface area (Å²) in [6.45, 7) is 2.01. The first-order valence-electron chi connectivity index (χ1n) is 3.82. The highest BCUT2D eigenvalue weighted by Crippen LogP contribution is 2.18. The summed E-state index contributed by atoms with van der Waals surface area (Å²) in [6.07, 6.45) is 7.71. The lowest BCUT2D eigenvalue weighted by atomic mass is 10.1. The molecule has 12 heavy (non-hydrogen) atoms. The normalized spacial score (nSPS) is 12.4. The quantitative estimate of drug-likeness (QED) is 0.398.